The van der Waals surface area contributed by atoms with E-state index in [1.54, 1.807) is 6.08 Å². The third-order valence-corrected chi connectivity index (χ3v) is 14.3. The second-order valence-corrected chi connectivity index (χ2v) is 21.4. The third-order valence-electron chi connectivity index (χ3n) is 14.3. The fraction of sp³-hybridized carbons (Fsp3) is 0.846. The van der Waals surface area contributed by atoms with Crippen molar-refractivity contribution in [2.75, 3.05) is 13.2 Å². The van der Waals surface area contributed by atoms with Crippen LogP contribution in [0.4, 0.5) is 0 Å². The molecule has 0 heterocycles. The van der Waals surface area contributed by atoms with Crippen molar-refractivity contribution in [2.24, 2.45) is 0 Å². The highest BCUT2D eigenvalue weighted by Gasteiger charge is 2.18. The standard InChI is InChI=1S/C65H121NO5/c1-3-5-7-9-11-13-15-16-17-33-36-39-43-47-51-55-59-65(70)71-60-56-52-48-44-40-37-34-31-29-27-25-23-21-19-18-20-22-24-26-28-30-32-35-38-42-46-50-54-58-64(69)66-62(61-67)63(68)57-53-49-45-41-14-12-10-8-6-4-2/h13,15,17-19,33,53,57,62-63,67-68H,3-12,14,16,20-32,34-52,54-56,58-61H2,1-2H3,(H,66,69)/b15-13-,19-18-,33-17-,57-53+. The molecule has 71 heavy (non-hydrogen) atoms. The van der Waals surface area contributed by atoms with E-state index in [1.807, 2.05) is 6.08 Å². The summed E-state index contributed by atoms with van der Waals surface area (Å²) in [6.45, 7) is 4.87. The number of nitrogens with one attached hydrogen (secondary N) is 1. The molecule has 1 amide bonds. The number of carbonyl (C=O) groups excluding carboxylic acids is 2. The molecule has 0 saturated carbocycles. The fourth-order valence-electron chi connectivity index (χ4n) is 9.48. The van der Waals surface area contributed by atoms with Gasteiger partial charge >= 0.3 is 5.97 Å². The number of hydrogen-bond donors (Lipinski definition) is 3. The number of amides is 1. The van der Waals surface area contributed by atoms with Gasteiger partial charge in [-0.05, 0) is 89.9 Å². The van der Waals surface area contributed by atoms with Crippen molar-refractivity contribution < 1.29 is 24.5 Å². The van der Waals surface area contributed by atoms with Crippen LogP contribution in [0.15, 0.2) is 48.6 Å². The Morgan fingerprint density at radius 2 is 0.704 bits per heavy atom. The highest BCUT2D eigenvalue weighted by Crippen LogP contribution is 2.17. The first-order chi connectivity index (χ1) is 35.0. The summed E-state index contributed by atoms with van der Waals surface area (Å²) in [5.41, 5.74) is 0. The number of ether oxygens (including phenoxy) is 1. The van der Waals surface area contributed by atoms with Crippen LogP contribution in [0.3, 0.4) is 0 Å². The Morgan fingerprint density at radius 3 is 1.10 bits per heavy atom. The van der Waals surface area contributed by atoms with E-state index in [0.717, 1.165) is 51.4 Å². The van der Waals surface area contributed by atoms with E-state index in [1.165, 1.54) is 250 Å². The Hall–Kier alpha value is -2.18. The van der Waals surface area contributed by atoms with Crippen LogP contribution in [-0.4, -0.2) is 47.4 Å². The molecule has 416 valence electrons. The Bertz CT molecular complexity index is 1190. The van der Waals surface area contributed by atoms with Gasteiger partial charge in [-0.2, -0.15) is 0 Å². The molecule has 0 bridgehead atoms. The van der Waals surface area contributed by atoms with E-state index in [4.69, 9.17) is 4.74 Å². The predicted octanol–water partition coefficient (Wildman–Crippen LogP) is 19.7. The molecule has 2 atom stereocenters. The lowest BCUT2D eigenvalue weighted by Crippen LogP contribution is -2.45. The molecular formula is C65H121NO5. The zero-order chi connectivity index (χ0) is 51.4. The predicted molar refractivity (Wildman–Crippen MR) is 310 cm³/mol. The van der Waals surface area contributed by atoms with E-state index in [0.29, 0.717) is 19.4 Å². The number of aliphatic hydroxyl groups excluding tert-OH is 2. The monoisotopic (exact) mass is 996 g/mol. The summed E-state index contributed by atoms with van der Waals surface area (Å²) in [7, 11) is 0. The van der Waals surface area contributed by atoms with Crippen molar-refractivity contribution in [1.29, 1.82) is 0 Å². The van der Waals surface area contributed by atoms with Gasteiger partial charge in [-0.1, -0.05) is 274 Å². The number of rotatable bonds is 58. The molecular weight excluding hydrogens is 875 g/mol. The van der Waals surface area contributed by atoms with Crippen molar-refractivity contribution in [3.05, 3.63) is 48.6 Å². The highest BCUT2D eigenvalue weighted by molar-refractivity contribution is 5.76. The smallest absolute Gasteiger partial charge is 0.305 e. The summed E-state index contributed by atoms with van der Waals surface area (Å²) < 4.78 is 5.48. The van der Waals surface area contributed by atoms with E-state index in [-0.39, 0.29) is 18.5 Å². The molecule has 2 unspecified atom stereocenters. The van der Waals surface area contributed by atoms with Crippen LogP contribution in [0.5, 0.6) is 0 Å². The van der Waals surface area contributed by atoms with Gasteiger partial charge in [0, 0.05) is 12.8 Å². The summed E-state index contributed by atoms with van der Waals surface area (Å²) in [6.07, 6.45) is 77.4. The molecule has 0 saturated heterocycles. The zero-order valence-corrected chi connectivity index (χ0v) is 47.5. The minimum Gasteiger partial charge on any atom is -0.466 e. The van der Waals surface area contributed by atoms with Crippen LogP contribution in [0.25, 0.3) is 0 Å². The van der Waals surface area contributed by atoms with Gasteiger partial charge in [0.05, 0.1) is 25.4 Å². The zero-order valence-electron chi connectivity index (χ0n) is 47.5. The maximum absolute atomic E-state index is 12.4. The van der Waals surface area contributed by atoms with Crippen LogP contribution in [0, 0.1) is 0 Å². The average molecular weight is 997 g/mol. The van der Waals surface area contributed by atoms with Gasteiger partial charge in [0.2, 0.25) is 5.91 Å². The second-order valence-electron chi connectivity index (χ2n) is 21.4. The summed E-state index contributed by atoms with van der Waals surface area (Å²) in [6, 6.07) is -0.626. The summed E-state index contributed by atoms with van der Waals surface area (Å²) in [5.74, 6) is -0.0683. The Balaban J connectivity index is 3.38. The highest BCUT2D eigenvalue weighted by atomic mass is 16.5. The molecule has 0 radical (unpaired) electrons. The van der Waals surface area contributed by atoms with E-state index in [9.17, 15) is 19.8 Å². The molecule has 0 aliphatic rings. The van der Waals surface area contributed by atoms with Crippen molar-refractivity contribution in [1.82, 2.24) is 5.32 Å². The van der Waals surface area contributed by atoms with Gasteiger partial charge in [-0.25, -0.2) is 0 Å². The first-order valence-electron chi connectivity index (χ1n) is 31.4. The van der Waals surface area contributed by atoms with E-state index < -0.39 is 12.1 Å². The summed E-state index contributed by atoms with van der Waals surface area (Å²) in [4.78, 5) is 24.5. The molecule has 0 fully saturated rings. The number of unbranched alkanes of at least 4 members (excludes halogenated alkanes) is 41. The number of aliphatic hydroxyl groups is 2. The quantitative estimate of drug-likeness (QED) is 0.0321. The van der Waals surface area contributed by atoms with Gasteiger partial charge in [0.15, 0.2) is 0 Å². The SMILES string of the molecule is CCCCCC/C=C\C/C=C\CCCCCCCC(=O)OCCCCCCCCCCCCCC/C=C\CCCCCCCCCCCCCCC(=O)NC(CO)C(O)/C=C/CCCCCCCCCC. The van der Waals surface area contributed by atoms with Gasteiger partial charge in [0.25, 0.3) is 0 Å². The number of allylic oxidation sites excluding steroid dienone is 7. The molecule has 0 aliphatic heterocycles. The van der Waals surface area contributed by atoms with Crippen LogP contribution >= 0.6 is 0 Å². The second kappa shape index (κ2) is 60.4. The van der Waals surface area contributed by atoms with Crippen molar-refractivity contribution in [3.8, 4) is 0 Å². The molecule has 0 aromatic heterocycles. The number of esters is 1. The van der Waals surface area contributed by atoms with Crippen LogP contribution in [0.2, 0.25) is 0 Å². The Labute approximate surface area is 442 Å². The lowest BCUT2D eigenvalue weighted by atomic mass is 10.0. The van der Waals surface area contributed by atoms with Crippen LogP contribution in [-0.2, 0) is 14.3 Å². The maximum Gasteiger partial charge on any atom is 0.305 e. The first-order valence-corrected chi connectivity index (χ1v) is 31.4. The molecule has 0 aliphatic carbocycles. The lowest BCUT2D eigenvalue weighted by molar-refractivity contribution is -0.143. The van der Waals surface area contributed by atoms with E-state index in [2.05, 4.69) is 55.6 Å². The lowest BCUT2D eigenvalue weighted by Gasteiger charge is -2.20. The van der Waals surface area contributed by atoms with Gasteiger partial charge in [-0.15, -0.1) is 0 Å². The first kappa shape index (κ1) is 68.8. The summed E-state index contributed by atoms with van der Waals surface area (Å²) >= 11 is 0. The largest absolute Gasteiger partial charge is 0.466 e. The van der Waals surface area contributed by atoms with Crippen molar-refractivity contribution >= 4 is 11.9 Å². The number of hydrogen-bond acceptors (Lipinski definition) is 5. The molecule has 3 N–H and O–H groups in total. The van der Waals surface area contributed by atoms with Crippen molar-refractivity contribution in [2.45, 2.75) is 341 Å². The minimum atomic E-state index is -0.843. The molecule has 0 aromatic carbocycles. The average Bonchev–Trinajstić information content (AvgIpc) is 3.37. The topological polar surface area (TPSA) is 95.9 Å². The Kier molecular flexibility index (Phi) is 58.5. The third kappa shape index (κ3) is 57.0. The summed E-state index contributed by atoms with van der Waals surface area (Å²) in [5, 5.41) is 23.0. The molecule has 6 nitrogen and oxygen atoms in total. The van der Waals surface area contributed by atoms with Gasteiger partial charge < -0.3 is 20.3 Å². The van der Waals surface area contributed by atoms with Gasteiger partial charge in [-0.3, -0.25) is 9.59 Å². The van der Waals surface area contributed by atoms with Crippen molar-refractivity contribution in [3.63, 3.8) is 0 Å². The van der Waals surface area contributed by atoms with E-state index >= 15 is 0 Å². The normalized spacial score (nSPS) is 12.9. The van der Waals surface area contributed by atoms with Gasteiger partial charge in [0.1, 0.15) is 0 Å². The molecule has 0 aromatic rings. The minimum absolute atomic E-state index is 0.00157. The van der Waals surface area contributed by atoms with Crippen LogP contribution in [0.1, 0.15) is 328 Å². The molecule has 0 spiro atoms. The maximum atomic E-state index is 12.4. The molecule has 6 heteroatoms. The van der Waals surface area contributed by atoms with Crippen LogP contribution < -0.4 is 5.32 Å². The fourth-order valence-corrected chi connectivity index (χ4v) is 9.48. The Morgan fingerprint density at radius 1 is 0.394 bits per heavy atom. The molecule has 0 rings (SSSR count). The number of carbonyl (C=O) groups is 2.